The molecule has 0 saturated heterocycles. The van der Waals surface area contributed by atoms with Crippen molar-refractivity contribution in [3.63, 3.8) is 0 Å². The van der Waals surface area contributed by atoms with Crippen LogP contribution >= 0.6 is 0 Å². The van der Waals surface area contributed by atoms with Gasteiger partial charge in [-0.25, -0.2) is 0 Å². The van der Waals surface area contributed by atoms with Crippen LogP contribution in [0.25, 0.3) is 98.9 Å². The predicted octanol–water partition coefficient (Wildman–Crippen LogP) is 11.9. The van der Waals surface area contributed by atoms with Gasteiger partial charge in [0.25, 0.3) is 0 Å². The van der Waals surface area contributed by atoms with E-state index in [-0.39, 0.29) is 0 Å². The van der Waals surface area contributed by atoms with Gasteiger partial charge in [0.15, 0.2) is 0 Å². The third-order valence-corrected chi connectivity index (χ3v) is 13.8. The van der Waals surface area contributed by atoms with Gasteiger partial charge in [0, 0.05) is 54.5 Å². The van der Waals surface area contributed by atoms with Crippen molar-refractivity contribution >= 4 is 107 Å². The van der Waals surface area contributed by atoms with Crippen LogP contribution in [0, 0.1) is 0 Å². The summed E-state index contributed by atoms with van der Waals surface area (Å²) in [6.07, 6.45) is 0. The minimum Gasteiger partial charge on any atom is -0.456 e. The van der Waals surface area contributed by atoms with Gasteiger partial charge in [0.2, 0.25) is 0 Å². The molecule has 0 aliphatic carbocycles. The molecule has 0 aliphatic heterocycles. The molecular weight excluding hydrogens is 677 g/mol. The van der Waals surface area contributed by atoms with Crippen molar-refractivity contribution in [2.24, 2.45) is 0 Å². The summed E-state index contributed by atoms with van der Waals surface area (Å²) in [5.74, 6) is 0. The highest BCUT2D eigenvalue weighted by atomic mass is 28.3. The van der Waals surface area contributed by atoms with Crippen LogP contribution in [0.2, 0.25) is 6.55 Å². The largest absolute Gasteiger partial charge is 0.456 e. The molecule has 0 saturated carbocycles. The van der Waals surface area contributed by atoms with E-state index in [4.69, 9.17) is 8.83 Å². The molecular formula is C49H31N2O2Si. The third kappa shape index (κ3) is 4.18. The van der Waals surface area contributed by atoms with Gasteiger partial charge in [0.1, 0.15) is 31.1 Å². The molecule has 8 aromatic carbocycles. The summed E-state index contributed by atoms with van der Waals surface area (Å²) in [6.45, 7) is 2.39. The van der Waals surface area contributed by atoms with Crippen molar-refractivity contribution in [2.75, 3.05) is 0 Å². The maximum atomic E-state index is 6.42. The first-order chi connectivity index (χ1) is 26.7. The third-order valence-electron chi connectivity index (χ3n) is 11.4. The maximum Gasteiger partial charge on any atom is 0.135 e. The minimum absolute atomic E-state index is 0.905. The van der Waals surface area contributed by atoms with Gasteiger partial charge < -0.3 is 18.0 Å². The summed E-state index contributed by atoms with van der Waals surface area (Å²) in [5, 5.41) is 12.3. The second kappa shape index (κ2) is 11.1. The van der Waals surface area contributed by atoms with Crippen molar-refractivity contribution in [1.29, 1.82) is 0 Å². The fourth-order valence-electron chi connectivity index (χ4n) is 8.84. The molecule has 12 rings (SSSR count). The van der Waals surface area contributed by atoms with Gasteiger partial charge in [-0.05, 0) is 72.8 Å². The second-order valence-corrected chi connectivity index (χ2v) is 16.8. The Morgan fingerprint density at radius 2 is 0.648 bits per heavy atom. The molecule has 0 fully saturated rings. The van der Waals surface area contributed by atoms with E-state index in [1.165, 1.54) is 54.0 Å². The predicted molar refractivity (Wildman–Crippen MR) is 227 cm³/mol. The first-order valence-corrected chi connectivity index (χ1v) is 20.4. The van der Waals surface area contributed by atoms with Gasteiger partial charge in [-0.3, -0.25) is 0 Å². The Hall–Kier alpha value is -6.82. The second-order valence-electron chi connectivity index (χ2n) is 14.4. The summed E-state index contributed by atoms with van der Waals surface area (Å²) in [4.78, 5) is 0. The van der Waals surface area contributed by atoms with E-state index in [1.807, 2.05) is 0 Å². The molecule has 0 amide bonds. The number of hydrogen-bond donors (Lipinski definition) is 0. The van der Waals surface area contributed by atoms with Crippen molar-refractivity contribution < 1.29 is 8.83 Å². The highest BCUT2D eigenvalue weighted by molar-refractivity contribution is 6.84. The normalized spacial score (nSPS) is 12.3. The first kappa shape index (κ1) is 29.7. The minimum atomic E-state index is -1.13. The lowest BCUT2D eigenvalue weighted by atomic mass is 10.1. The van der Waals surface area contributed by atoms with Crippen LogP contribution in [-0.4, -0.2) is 17.9 Å². The quantitative estimate of drug-likeness (QED) is 0.171. The van der Waals surface area contributed by atoms with E-state index < -0.39 is 8.80 Å². The smallest absolute Gasteiger partial charge is 0.135 e. The Bertz CT molecular complexity index is 3150. The molecule has 1 radical (unpaired) electrons. The number of nitrogens with zero attached hydrogens (tertiary/aromatic N) is 2. The topological polar surface area (TPSA) is 36.1 Å². The number of para-hydroxylation sites is 4. The zero-order valence-corrected chi connectivity index (χ0v) is 30.4. The average Bonchev–Trinajstić information content (AvgIpc) is 3.97. The van der Waals surface area contributed by atoms with E-state index in [0.717, 1.165) is 55.3 Å². The summed E-state index contributed by atoms with van der Waals surface area (Å²) in [6, 6.07) is 61.4. The highest BCUT2D eigenvalue weighted by Crippen LogP contribution is 2.37. The number of fused-ring (bicyclic) bond motifs is 12. The molecule has 5 heteroatoms. The molecule has 4 nitrogen and oxygen atoms in total. The average molecular weight is 708 g/mol. The van der Waals surface area contributed by atoms with Crippen molar-refractivity contribution in [2.45, 2.75) is 6.55 Å². The van der Waals surface area contributed by atoms with Crippen molar-refractivity contribution in [3.05, 3.63) is 170 Å². The molecule has 0 spiro atoms. The summed E-state index contributed by atoms with van der Waals surface area (Å²) in [5.41, 5.74) is 10.7. The van der Waals surface area contributed by atoms with Gasteiger partial charge in [-0.2, -0.15) is 0 Å². The zero-order valence-electron chi connectivity index (χ0n) is 29.4. The molecule has 0 atom stereocenters. The van der Waals surface area contributed by atoms with E-state index in [0.29, 0.717) is 0 Å². The Morgan fingerprint density at radius 1 is 0.333 bits per heavy atom. The van der Waals surface area contributed by atoms with Gasteiger partial charge in [-0.15, -0.1) is 0 Å². The number of furan rings is 2. The number of hydrogen-bond acceptors (Lipinski definition) is 2. The van der Waals surface area contributed by atoms with Crippen molar-refractivity contribution in [1.82, 2.24) is 9.13 Å². The lowest BCUT2D eigenvalue weighted by molar-refractivity contribution is 0.668. The van der Waals surface area contributed by atoms with Crippen molar-refractivity contribution in [3.8, 4) is 11.4 Å². The highest BCUT2D eigenvalue weighted by Gasteiger charge is 2.19. The Balaban J connectivity index is 0.971. The zero-order chi connectivity index (χ0) is 35.5. The maximum absolute atomic E-state index is 6.42. The fourth-order valence-corrected chi connectivity index (χ4v) is 10.6. The lowest BCUT2D eigenvalue weighted by Crippen LogP contribution is -2.38. The molecule has 4 aromatic heterocycles. The van der Waals surface area contributed by atoms with Crippen LogP contribution in [0.5, 0.6) is 0 Å². The standard InChI is InChI=1S/C49H31N2O2Si/c1-54(32-20-24-48-40(28-32)38-26-30(18-22-46(38)52-48)50-42-14-6-2-10-34(42)35-11-3-7-15-43(35)50)33-21-25-49-41(29-33)39-27-31(19-23-47(39)53-49)51-44-16-8-4-12-36(44)37-13-5-9-17-45(37)51/h2-29H,1H3. The van der Waals surface area contributed by atoms with E-state index in [1.54, 1.807) is 0 Å². The molecule has 4 heterocycles. The summed E-state index contributed by atoms with van der Waals surface area (Å²) < 4.78 is 17.6. The molecule has 54 heavy (non-hydrogen) atoms. The van der Waals surface area contributed by atoms with Crippen LogP contribution in [0.4, 0.5) is 0 Å². The van der Waals surface area contributed by atoms with E-state index >= 15 is 0 Å². The number of rotatable bonds is 4. The SMILES string of the molecule is C[Si](c1ccc2oc3ccc(-n4c5ccccc5c5ccccc54)cc3c2c1)c1ccc2oc3ccc(-n4c5ccccc5c5ccccc54)cc3c2c1. The van der Waals surface area contributed by atoms with Crippen LogP contribution in [-0.2, 0) is 0 Å². The van der Waals surface area contributed by atoms with Gasteiger partial charge >= 0.3 is 0 Å². The van der Waals surface area contributed by atoms with Gasteiger partial charge in [0.05, 0.1) is 22.1 Å². The van der Waals surface area contributed by atoms with Crippen LogP contribution in [0.3, 0.4) is 0 Å². The molecule has 0 unspecified atom stereocenters. The van der Waals surface area contributed by atoms with E-state index in [2.05, 4.69) is 186 Å². The molecule has 0 aliphatic rings. The van der Waals surface area contributed by atoms with Crippen LogP contribution in [0.1, 0.15) is 0 Å². The summed E-state index contributed by atoms with van der Waals surface area (Å²) >= 11 is 0. The fraction of sp³-hybridized carbons (Fsp3) is 0.0204. The molecule has 0 bridgehead atoms. The lowest BCUT2D eigenvalue weighted by Gasteiger charge is -2.11. The Morgan fingerprint density at radius 3 is 1.02 bits per heavy atom. The monoisotopic (exact) mass is 707 g/mol. The van der Waals surface area contributed by atoms with E-state index in [9.17, 15) is 0 Å². The van der Waals surface area contributed by atoms with Crippen LogP contribution in [0.15, 0.2) is 179 Å². The van der Waals surface area contributed by atoms with Crippen LogP contribution < -0.4 is 10.4 Å². The number of aromatic nitrogens is 2. The first-order valence-electron chi connectivity index (χ1n) is 18.4. The Kier molecular flexibility index (Phi) is 6.11. The van der Waals surface area contributed by atoms with Gasteiger partial charge in [-0.1, -0.05) is 114 Å². The molecule has 0 N–H and O–H groups in total. The molecule has 12 aromatic rings. The molecule has 253 valence electrons. The Labute approximate surface area is 311 Å². The number of benzene rings is 8. The summed E-state index contributed by atoms with van der Waals surface area (Å²) in [7, 11) is -1.13.